The van der Waals surface area contributed by atoms with Gasteiger partial charge in [0.1, 0.15) is 12.5 Å². The summed E-state index contributed by atoms with van der Waals surface area (Å²) in [6, 6.07) is 15.7. The molecule has 1 fully saturated rings. The van der Waals surface area contributed by atoms with Gasteiger partial charge in [0.2, 0.25) is 5.91 Å². The first-order valence-corrected chi connectivity index (χ1v) is 10.7. The van der Waals surface area contributed by atoms with Crippen molar-refractivity contribution in [2.45, 2.75) is 18.8 Å². The molecular formula is C24H24F2N2O5. The lowest BCUT2D eigenvalue weighted by Crippen LogP contribution is -2.34. The number of alkyl halides is 2. The maximum Gasteiger partial charge on any atom is 0.407 e. The molecule has 0 spiro atoms. The number of hydrogen-bond acceptors (Lipinski definition) is 4. The van der Waals surface area contributed by atoms with Crippen LogP contribution in [0.1, 0.15) is 24.0 Å². The lowest BCUT2D eigenvalue weighted by atomic mass is 9.98. The number of ether oxygens (including phenoxy) is 1. The molecule has 174 valence electrons. The summed E-state index contributed by atoms with van der Waals surface area (Å²) in [7, 11) is 0. The molecule has 3 N–H and O–H groups in total. The second-order valence-electron chi connectivity index (χ2n) is 8.45. The zero-order chi connectivity index (χ0) is 23.8. The highest BCUT2D eigenvalue weighted by Crippen LogP contribution is 2.55. The van der Waals surface area contributed by atoms with E-state index in [4.69, 9.17) is 9.84 Å². The lowest BCUT2D eigenvalue weighted by Gasteiger charge is -2.14. The van der Waals surface area contributed by atoms with Crippen LogP contribution in [0, 0.1) is 17.8 Å². The highest BCUT2D eigenvalue weighted by atomic mass is 19.3. The molecule has 0 saturated heterocycles. The highest BCUT2D eigenvalue weighted by molar-refractivity contribution is 5.84. The molecule has 7 nitrogen and oxygen atoms in total. The monoisotopic (exact) mass is 458 g/mol. The number of fused-ring (bicyclic) bond motifs is 3. The van der Waals surface area contributed by atoms with Crippen molar-refractivity contribution in [2.75, 3.05) is 19.7 Å². The van der Waals surface area contributed by atoms with Crippen LogP contribution in [0.15, 0.2) is 48.5 Å². The minimum absolute atomic E-state index is 0.0535. The Bertz CT molecular complexity index is 1040. The second kappa shape index (κ2) is 8.80. The molecule has 0 radical (unpaired) electrons. The van der Waals surface area contributed by atoms with Crippen molar-refractivity contribution in [1.29, 1.82) is 0 Å². The molecule has 4 rings (SSSR count). The molecule has 0 heterocycles. The molecule has 1 unspecified atom stereocenters. The van der Waals surface area contributed by atoms with E-state index in [1.807, 2.05) is 48.5 Å². The van der Waals surface area contributed by atoms with Gasteiger partial charge in [-0.1, -0.05) is 55.5 Å². The van der Waals surface area contributed by atoms with E-state index >= 15 is 0 Å². The van der Waals surface area contributed by atoms with Gasteiger partial charge in [-0.25, -0.2) is 13.6 Å². The van der Waals surface area contributed by atoms with E-state index in [0.717, 1.165) is 22.3 Å². The van der Waals surface area contributed by atoms with Crippen molar-refractivity contribution < 1.29 is 33.0 Å². The third-order valence-corrected chi connectivity index (χ3v) is 6.30. The van der Waals surface area contributed by atoms with Crippen molar-refractivity contribution in [3.05, 3.63) is 59.7 Å². The quantitative estimate of drug-likeness (QED) is 0.563. The molecule has 1 saturated carbocycles. The predicted octanol–water partition coefficient (Wildman–Crippen LogP) is 3.24. The number of halogens is 2. The molecule has 0 bridgehead atoms. The van der Waals surface area contributed by atoms with Gasteiger partial charge in [0.25, 0.3) is 5.92 Å². The lowest BCUT2D eigenvalue weighted by molar-refractivity contribution is -0.141. The van der Waals surface area contributed by atoms with Gasteiger partial charge < -0.3 is 20.5 Å². The molecule has 2 aromatic carbocycles. The molecular weight excluding hydrogens is 434 g/mol. The zero-order valence-corrected chi connectivity index (χ0v) is 17.9. The fraction of sp³-hybridized carbons (Fsp3) is 0.375. The fourth-order valence-corrected chi connectivity index (χ4v) is 4.30. The smallest absolute Gasteiger partial charge is 0.407 e. The minimum Gasteiger partial charge on any atom is -0.481 e. The first-order valence-electron chi connectivity index (χ1n) is 10.7. The molecule has 2 aliphatic carbocycles. The SMILES string of the molecule is CC(CNC(=O)[C@@H]1[C@H](CNC(=O)OCC2c3ccccc3-c3ccccc32)C1(F)F)C(=O)O. The third-order valence-electron chi connectivity index (χ3n) is 6.30. The number of benzene rings is 2. The largest absolute Gasteiger partial charge is 0.481 e. The van der Waals surface area contributed by atoms with Crippen molar-refractivity contribution in [3.8, 4) is 11.1 Å². The number of carboxylic acid groups (broad SMARTS) is 1. The Hall–Kier alpha value is -3.49. The van der Waals surface area contributed by atoms with Crippen LogP contribution in [0.25, 0.3) is 11.1 Å². The average Bonchev–Trinajstić information content (AvgIpc) is 3.20. The average molecular weight is 458 g/mol. The predicted molar refractivity (Wildman–Crippen MR) is 115 cm³/mol. The summed E-state index contributed by atoms with van der Waals surface area (Å²) in [5.74, 6) is -9.34. The number of alkyl carbamates (subject to hydrolysis) is 1. The Kier molecular flexibility index (Phi) is 6.05. The number of hydrogen-bond donors (Lipinski definition) is 3. The van der Waals surface area contributed by atoms with Crippen molar-refractivity contribution in [1.82, 2.24) is 10.6 Å². The maximum atomic E-state index is 14.0. The summed E-state index contributed by atoms with van der Waals surface area (Å²) in [6.45, 7) is 0.755. The highest BCUT2D eigenvalue weighted by Gasteiger charge is 2.71. The van der Waals surface area contributed by atoms with Crippen LogP contribution in [-0.4, -0.2) is 48.7 Å². The first-order chi connectivity index (χ1) is 15.7. The number of carbonyl (C=O) groups excluding carboxylic acids is 2. The number of aliphatic carboxylic acids is 1. The van der Waals surface area contributed by atoms with Gasteiger partial charge >= 0.3 is 12.1 Å². The number of nitrogens with one attached hydrogen (secondary N) is 2. The van der Waals surface area contributed by atoms with Crippen LogP contribution in [0.2, 0.25) is 0 Å². The maximum absolute atomic E-state index is 14.0. The van der Waals surface area contributed by atoms with Crippen molar-refractivity contribution in [3.63, 3.8) is 0 Å². The van der Waals surface area contributed by atoms with Crippen molar-refractivity contribution >= 4 is 18.0 Å². The van der Waals surface area contributed by atoms with E-state index in [9.17, 15) is 23.2 Å². The summed E-state index contributed by atoms with van der Waals surface area (Å²) in [4.78, 5) is 35.0. The summed E-state index contributed by atoms with van der Waals surface area (Å²) in [5.41, 5.74) is 4.22. The summed E-state index contributed by atoms with van der Waals surface area (Å²) in [5, 5.41) is 13.4. The molecule has 0 aromatic heterocycles. The molecule has 0 aliphatic heterocycles. The van der Waals surface area contributed by atoms with E-state index in [0.29, 0.717) is 0 Å². The summed E-state index contributed by atoms with van der Waals surface area (Å²) < 4.78 is 33.4. The summed E-state index contributed by atoms with van der Waals surface area (Å²) >= 11 is 0. The van der Waals surface area contributed by atoms with E-state index in [1.54, 1.807) is 0 Å². The van der Waals surface area contributed by atoms with Crippen LogP contribution >= 0.6 is 0 Å². The molecule has 33 heavy (non-hydrogen) atoms. The van der Waals surface area contributed by atoms with Crippen LogP contribution in [-0.2, 0) is 14.3 Å². The fourth-order valence-electron chi connectivity index (χ4n) is 4.30. The van der Waals surface area contributed by atoms with E-state index in [1.165, 1.54) is 6.92 Å². The normalized spacial score (nSPS) is 20.8. The number of carboxylic acids is 1. The van der Waals surface area contributed by atoms with Crippen LogP contribution in [0.4, 0.5) is 13.6 Å². The Morgan fingerprint density at radius 3 is 2.18 bits per heavy atom. The van der Waals surface area contributed by atoms with Crippen molar-refractivity contribution in [2.24, 2.45) is 17.8 Å². The standard InChI is InChI=1S/C24H24F2N2O5/c1-13(22(30)31)10-27-21(29)20-19(24(20,25)26)11-28-23(32)33-12-18-16-8-4-2-6-14(16)15-7-3-5-9-17(15)18/h2-9,13,18-20H,10-12H2,1H3,(H,27,29)(H,28,32)(H,30,31)/t13?,19-,20-/m0/s1. The zero-order valence-electron chi connectivity index (χ0n) is 17.9. The van der Waals surface area contributed by atoms with E-state index < -0.39 is 48.2 Å². The molecule has 2 amide bonds. The summed E-state index contributed by atoms with van der Waals surface area (Å²) in [6.07, 6.45) is -0.835. The Morgan fingerprint density at radius 1 is 1.03 bits per heavy atom. The number of carbonyl (C=O) groups is 3. The van der Waals surface area contributed by atoms with E-state index in [2.05, 4.69) is 10.6 Å². The van der Waals surface area contributed by atoms with Crippen LogP contribution < -0.4 is 10.6 Å². The van der Waals surface area contributed by atoms with Gasteiger partial charge in [-0.3, -0.25) is 9.59 Å². The molecule has 2 aromatic rings. The number of rotatable bonds is 8. The molecule has 2 aliphatic rings. The van der Waals surface area contributed by atoms with E-state index in [-0.39, 0.29) is 19.1 Å². The molecule has 9 heteroatoms. The van der Waals surface area contributed by atoms with Gasteiger partial charge in [-0.05, 0) is 22.3 Å². The topological polar surface area (TPSA) is 105 Å². The van der Waals surface area contributed by atoms with Gasteiger partial charge in [0.05, 0.1) is 11.8 Å². The Balaban J connectivity index is 1.29. The third kappa shape index (κ3) is 4.40. The van der Waals surface area contributed by atoms with Gasteiger partial charge in [0, 0.05) is 19.0 Å². The van der Waals surface area contributed by atoms with Gasteiger partial charge in [-0.2, -0.15) is 0 Å². The Labute approximate surface area is 189 Å². The minimum atomic E-state index is -3.27. The number of amides is 2. The second-order valence-corrected chi connectivity index (χ2v) is 8.45. The molecule has 3 atom stereocenters. The van der Waals surface area contributed by atoms with Crippen LogP contribution in [0.3, 0.4) is 0 Å². The first kappa shape index (κ1) is 22.7. The van der Waals surface area contributed by atoms with Gasteiger partial charge in [-0.15, -0.1) is 0 Å². The Morgan fingerprint density at radius 2 is 1.61 bits per heavy atom. The van der Waals surface area contributed by atoms with Crippen LogP contribution in [0.5, 0.6) is 0 Å². The van der Waals surface area contributed by atoms with Gasteiger partial charge in [0.15, 0.2) is 0 Å².